The summed E-state index contributed by atoms with van der Waals surface area (Å²) in [5.41, 5.74) is 6.61. The molecule has 2 aromatic carbocycles. The minimum absolute atomic E-state index is 0.127. The van der Waals surface area contributed by atoms with Gasteiger partial charge in [-0.05, 0) is 60.4 Å². The molecule has 0 saturated heterocycles. The maximum absolute atomic E-state index is 10.8. The van der Waals surface area contributed by atoms with E-state index in [-0.39, 0.29) is 6.54 Å². The molecule has 0 aliphatic heterocycles. The van der Waals surface area contributed by atoms with Crippen LogP contribution in [0.2, 0.25) is 5.02 Å². The largest absolute Gasteiger partial charge is 0.390 e. The zero-order valence-corrected chi connectivity index (χ0v) is 18.5. The van der Waals surface area contributed by atoms with Crippen molar-refractivity contribution in [2.75, 3.05) is 6.54 Å². The smallest absolute Gasteiger partial charge is 0.108 e. The summed E-state index contributed by atoms with van der Waals surface area (Å²) in [5, 5.41) is 42.4. The quantitative estimate of drug-likeness (QED) is 0.366. The highest BCUT2D eigenvalue weighted by molar-refractivity contribution is 6.35. The first-order valence-electron chi connectivity index (χ1n) is 11.3. The van der Waals surface area contributed by atoms with Gasteiger partial charge in [-0.3, -0.25) is 0 Å². The van der Waals surface area contributed by atoms with Gasteiger partial charge in [0.15, 0.2) is 0 Å². The van der Waals surface area contributed by atoms with Gasteiger partial charge in [-0.1, -0.05) is 41.9 Å². The lowest BCUT2D eigenvalue weighted by Gasteiger charge is -2.41. The Balaban J connectivity index is 1.51. The van der Waals surface area contributed by atoms with Crippen LogP contribution < -0.4 is 5.48 Å². The van der Waals surface area contributed by atoms with Crippen molar-refractivity contribution < 1.29 is 20.5 Å². The van der Waals surface area contributed by atoms with Gasteiger partial charge in [0.05, 0.1) is 22.7 Å². The minimum atomic E-state index is -1.30. The van der Waals surface area contributed by atoms with Crippen LogP contribution in [-0.2, 0) is 6.42 Å². The van der Waals surface area contributed by atoms with E-state index in [4.69, 9.17) is 16.8 Å². The number of benzene rings is 2. The second-order valence-corrected chi connectivity index (χ2v) is 9.69. The average Bonchev–Trinajstić information content (AvgIpc) is 3.58. The second kappa shape index (κ2) is 8.78. The van der Waals surface area contributed by atoms with Gasteiger partial charge in [0, 0.05) is 24.0 Å². The highest BCUT2D eigenvalue weighted by atomic mass is 35.5. The molecular weight excluding hydrogens is 428 g/mol. The molecule has 5 N–H and O–H groups in total. The van der Waals surface area contributed by atoms with E-state index in [9.17, 15) is 15.3 Å². The summed E-state index contributed by atoms with van der Waals surface area (Å²) >= 11 is 6.61. The first kappa shape index (κ1) is 21.9. The Morgan fingerprint density at radius 3 is 2.41 bits per heavy atom. The lowest BCUT2D eigenvalue weighted by Crippen LogP contribution is -2.53. The lowest BCUT2D eigenvalue weighted by molar-refractivity contribution is -0.132. The van der Waals surface area contributed by atoms with E-state index in [1.54, 1.807) is 0 Å². The molecule has 2 fully saturated rings. The van der Waals surface area contributed by atoms with Crippen molar-refractivity contribution in [1.29, 1.82) is 0 Å². The van der Waals surface area contributed by atoms with E-state index >= 15 is 0 Å². The molecule has 0 unspecified atom stereocenters. The highest BCUT2D eigenvalue weighted by Crippen LogP contribution is 2.41. The molecule has 2 aliphatic rings. The van der Waals surface area contributed by atoms with Gasteiger partial charge in [0.1, 0.15) is 12.2 Å². The highest BCUT2D eigenvalue weighted by Gasteiger charge is 2.43. The van der Waals surface area contributed by atoms with Gasteiger partial charge in [0.25, 0.3) is 0 Å². The number of hydrogen-bond acceptors (Lipinski definition) is 5. The fraction of sp³-hybridized carbons (Fsp3) is 0.440. The van der Waals surface area contributed by atoms with Crippen molar-refractivity contribution in [2.24, 2.45) is 5.92 Å². The Morgan fingerprint density at radius 2 is 1.72 bits per heavy atom. The molecule has 0 radical (unpaired) electrons. The Bertz CT molecular complexity index is 1100. The summed E-state index contributed by atoms with van der Waals surface area (Å²) < 4.78 is 1.97. The normalized spacial score (nSPS) is 28.3. The van der Waals surface area contributed by atoms with Gasteiger partial charge >= 0.3 is 0 Å². The fourth-order valence-electron chi connectivity index (χ4n) is 5.20. The van der Waals surface area contributed by atoms with Crippen molar-refractivity contribution in [3.63, 3.8) is 0 Å². The third kappa shape index (κ3) is 3.96. The zero-order chi connectivity index (χ0) is 22.4. The van der Waals surface area contributed by atoms with Crippen LogP contribution in [0.15, 0.2) is 48.7 Å². The van der Waals surface area contributed by atoms with Crippen LogP contribution in [0, 0.1) is 5.92 Å². The van der Waals surface area contributed by atoms with Crippen LogP contribution in [0.3, 0.4) is 0 Å². The number of fused-ring (bicyclic) bond motifs is 1. The van der Waals surface area contributed by atoms with Crippen LogP contribution in [-0.4, -0.2) is 50.0 Å². The summed E-state index contributed by atoms with van der Waals surface area (Å²) in [4.78, 5) is 0. The van der Waals surface area contributed by atoms with Crippen molar-refractivity contribution in [1.82, 2.24) is 10.0 Å². The molecule has 5 atom stereocenters. The average molecular weight is 457 g/mol. The number of aliphatic hydroxyl groups excluding tert-OH is 3. The van der Waals surface area contributed by atoms with E-state index in [0.717, 1.165) is 22.4 Å². The first-order valence-corrected chi connectivity index (χ1v) is 11.6. The lowest BCUT2D eigenvalue weighted by atomic mass is 9.79. The summed E-state index contributed by atoms with van der Waals surface area (Å²) in [6.07, 6.45) is 2.11. The number of rotatable bonds is 6. The van der Waals surface area contributed by atoms with Crippen LogP contribution in [0.1, 0.15) is 47.9 Å². The van der Waals surface area contributed by atoms with Crippen LogP contribution in [0.5, 0.6) is 0 Å². The summed E-state index contributed by atoms with van der Waals surface area (Å²) in [7, 11) is 0. The standard InChI is InChI=1S/C25H29ClN2O4/c26-19-2-1-3-20-22(19)18(10-14-4-6-15(7-5-14)16-8-9-16)13-28(20)21-11-17(12-27-32)23(29)25(31)24(21)30/h1-7,13,16-17,21,23-25,27,29-32H,8-12H2/t17-,21-,23-,24+,25+/m1/s1. The topological polar surface area (TPSA) is 97.9 Å². The van der Waals surface area contributed by atoms with E-state index in [1.165, 1.54) is 24.0 Å². The monoisotopic (exact) mass is 456 g/mol. The molecule has 7 heteroatoms. The molecule has 1 heterocycles. The number of aliphatic hydroxyl groups is 3. The molecule has 1 aromatic heterocycles. The molecule has 0 bridgehead atoms. The molecule has 0 spiro atoms. The van der Waals surface area contributed by atoms with Crippen molar-refractivity contribution in [3.05, 3.63) is 70.4 Å². The van der Waals surface area contributed by atoms with Gasteiger partial charge in [0.2, 0.25) is 0 Å². The Morgan fingerprint density at radius 1 is 0.969 bits per heavy atom. The fourth-order valence-corrected chi connectivity index (χ4v) is 5.49. The summed E-state index contributed by atoms with van der Waals surface area (Å²) in [6, 6.07) is 14.0. The zero-order valence-electron chi connectivity index (χ0n) is 17.7. The molecule has 32 heavy (non-hydrogen) atoms. The number of hydrogen-bond donors (Lipinski definition) is 5. The van der Waals surface area contributed by atoms with E-state index in [1.807, 2.05) is 29.0 Å². The number of halogens is 1. The Labute approximate surface area is 192 Å². The predicted molar refractivity (Wildman–Crippen MR) is 123 cm³/mol. The molecule has 3 aromatic rings. The van der Waals surface area contributed by atoms with Gasteiger partial charge in [-0.25, -0.2) is 5.48 Å². The van der Waals surface area contributed by atoms with Crippen molar-refractivity contribution >= 4 is 22.5 Å². The van der Waals surface area contributed by atoms with Crippen LogP contribution >= 0.6 is 11.6 Å². The minimum Gasteiger partial charge on any atom is -0.390 e. The van der Waals surface area contributed by atoms with Crippen molar-refractivity contribution in [3.8, 4) is 0 Å². The Hall–Kier alpha value is -1.93. The summed E-state index contributed by atoms with van der Waals surface area (Å²) in [5.74, 6) is 0.315. The molecule has 5 rings (SSSR count). The van der Waals surface area contributed by atoms with Gasteiger partial charge < -0.3 is 25.1 Å². The molecule has 0 amide bonds. The maximum Gasteiger partial charge on any atom is 0.108 e. The number of hydroxylamine groups is 1. The Kier molecular flexibility index (Phi) is 6.01. The second-order valence-electron chi connectivity index (χ2n) is 9.29. The molecular formula is C25H29ClN2O4. The van der Waals surface area contributed by atoms with Gasteiger partial charge in [-0.2, -0.15) is 0 Å². The van der Waals surface area contributed by atoms with E-state index in [0.29, 0.717) is 17.9 Å². The number of nitrogens with zero attached hydrogens (tertiary/aromatic N) is 1. The third-order valence-electron chi connectivity index (χ3n) is 7.14. The van der Waals surface area contributed by atoms with E-state index in [2.05, 4.69) is 29.7 Å². The van der Waals surface area contributed by atoms with E-state index < -0.39 is 30.3 Å². The summed E-state index contributed by atoms with van der Waals surface area (Å²) in [6.45, 7) is 0.127. The molecule has 2 saturated carbocycles. The first-order chi connectivity index (χ1) is 15.5. The van der Waals surface area contributed by atoms with Gasteiger partial charge in [-0.15, -0.1) is 0 Å². The number of aromatic nitrogens is 1. The SMILES string of the molecule is ONC[C@H]1C[C@@H](n2cc(Cc3ccc(C4CC4)cc3)c3c(Cl)cccc32)[C@H](O)[C@@H](O)[C@@H]1O. The number of nitrogens with one attached hydrogen (secondary N) is 1. The van der Waals surface area contributed by atoms with Crippen molar-refractivity contribution in [2.45, 2.75) is 56.0 Å². The molecule has 170 valence electrons. The van der Waals surface area contributed by atoms with Crippen LogP contribution in [0.4, 0.5) is 0 Å². The molecule has 2 aliphatic carbocycles. The maximum atomic E-state index is 10.8. The third-order valence-corrected chi connectivity index (χ3v) is 7.46. The predicted octanol–water partition coefficient (Wildman–Crippen LogP) is 3.39. The van der Waals surface area contributed by atoms with Crippen LogP contribution in [0.25, 0.3) is 10.9 Å². The molecule has 6 nitrogen and oxygen atoms in total.